The summed E-state index contributed by atoms with van der Waals surface area (Å²) in [6, 6.07) is 13.7. The predicted octanol–water partition coefficient (Wildman–Crippen LogP) is 4.49. The van der Waals surface area contributed by atoms with Gasteiger partial charge in [-0.2, -0.15) is 5.26 Å². The molecule has 0 unspecified atom stereocenters. The number of carbonyl (C=O) groups is 1. The van der Waals surface area contributed by atoms with Crippen LogP contribution in [0.5, 0.6) is 0 Å². The first kappa shape index (κ1) is 18.3. The number of carbonyl (C=O) groups excluding carboxylic acids is 1. The van der Waals surface area contributed by atoms with E-state index in [4.69, 9.17) is 5.26 Å². The van der Waals surface area contributed by atoms with Crippen molar-refractivity contribution in [2.75, 3.05) is 19.6 Å². The standard InChI is InChI=1S/C24H23N3O/c25-16-22-8-7-21(17-26-22)19-9-12-27(13-10-19)11-3-4-18-14-20-5-1-2-6-23(20)24(28)15-18/h1-2,5-9,14,17H,3-4,10-13,15H2. The van der Waals surface area contributed by atoms with Crippen LogP contribution in [0.2, 0.25) is 0 Å². The first-order chi connectivity index (χ1) is 13.7. The van der Waals surface area contributed by atoms with E-state index in [-0.39, 0.29) is 5.78 Å². The largest absolute Gasteiger partial charge is 0.299 e. The van der Waals surface area contributed by atoms with Gasteiger partial charge in [0.25, 0.3) is 0 Å². The van der Waals surface area contributed by atoms with E-state index in [1.807, 2.05) is 30.3 Å². The third-order valence-electron chi connectivity index (χ3n) is 5.52. The zero-order valence-electron chi connectivity index (χ0n) is 15.9. The fourth-order valence-electron chi connectivity index (χ4n) is 3.97. The van der Waals surface area contributed by atoms with Crippen LogP contribution in [-0.2, 0) is 0 Å². The van der Waals surface area contributed by atoms with Crippen LogP contribution >= 0.6 is 0 Å². The summed E-state index contributed by atoms with van der Waals surface area (Å²) in [5, 5.41) is 8.86. The van der Waals surface area contributed by atoms with Gasteiger partial charge in [0.2, 0.25) is 0 Å². The number of aromatic nitrogens is 1. The summed E-state index contributed by atoms with van der Waals surface area (Å²) in [5.41, 5.74) is 6.06. The molecule has 1 aromatic heterocycles. The zero-order valence-corrected chi connectivity index (χ0v) is 15.9. The second-order valence-corrected chi connectivity index (χ2v) is 7.42. The average molecular weight is 369 g/mol. The molecule has 2 aliphatic rings. The summed E-state index contributed by atoms with van der Waals surface area (Å²) >= 11 is 0. The summed E-state index contributed by atoms with van der Waals surface area (Å²) in [5.74, 6) is 0.245. The van der Waals surface area contributed by atoms with Gasteiger partial charge in [0.15, 0.2) is 5.78 Å². The lowest BCUT2D eigenvalue weighted by atomic mass is 9.89. The van der Waals surface area contributed by atoms with Crippen molar-refractivity contribution in [3.63, 3.8) is 0 Å². The molecule has 0 spiro atoms. The van der Waals surface area contributed by atoms with E-state index in [1.54, 1.807) is 12.3 Å². The van der Waals surface area contributed by atoms with Gasteiger partial charge in [-0.15, -0.1) is 0 Å². The van der Waals surface area contributed by atoms with Gasteiger partial charge in [0.1, 0.15) is 11.8 Å². The fourth-order valence-corrected chi connectivity index (χ4v) is 3.97. The van der Waals surface area contributed by atoms with Crippen molar-refractivity contribution in [3.8, 4) is 6.07 Å². The van der Waals surface area contributed by atoms with Gasteiger partial charge < -0.3 is 0 Å². The Morgan fingerprint density at radius 3 is 2.82 bits per heavy atom. The van der Waals surface area contributed by atoms with Crippen LogP contribution in [0.15, 0.2) is 54.2 Å². The number of nitrogens with zero attached hydrogens (tertiary/aromatic N) is 3. The normalized spacial score (nSPS) is 16.8. The number of hydrogen-bond acceptors (Lipinski definition) is 4. The number of benzene rings is 1. The molecule has 0 saturated heterocycles. The molecule has 4 heteroatoms. The third-order valence-corrected chi connectivity index (χ3v) is 5.52. The van der Waals surface area contributed by atoms with Gasteiger partial charge in [0.05, 0.1) is 0 Å². The van der Waals surface area contributed by atoms with E-state index in [2.05, 4.69) is 28.1 Å². The van der Waals surface area contributed by atoms with E-state index < -0.39 is 0 Å². The number of fused-ring (bicyclic) bond motifs is 1. The predicted molar refractivity (Wildman–Crippen MR) is 111 cm³/mol. The summed E-state index contributed by atoms with van der Waals surface area (Å²) < 4.78 is 0. The molecular formula is C24H23N3O. The maximum absolute atomic E-state index is 12.3. The quantitative estimate of drug-likeness (QED) is 0.779. The summed E-state index contributed by atoms with van der Waals surface area (Å²) in [4.78, 5) is 18.9. The zero-order chi connectivity index (χ0) is 19.3. The molecule has 28 heavy (non-hydrogen) atoms. The topological polar surface area (TPSA) is 57.0 Å². The van der Waals surface area contributed by atoms with Gasteiger partial charge >= 0.3 is 0 Å². The summed E-state index contributed by atoms with van der Waals surface area (Å²) in [6.45, 7) is 3.02. The van der Waals surface area contributed by atoms with E-state index in [0.717, 1.165) is 55.6 Å². The van der Waals surface area contributed by atoms with Crippen LogP contribution in [-0.4, -0.2) is 35.3 Å². The van der Waals surface area contributed by atoms with Crippen LogP contribution in [0.1, 0.15) is 52.9 Å². The van der Waals surface area contributed by atoms with Gasteiger partial charge in [-0.05, 0) is 48.6 Å². The number of hydrogen-bond donors (Lipinski definition) is 0. The molecule has 2 heterocycles. The number of allylic oxidation sites excluding steroid dienone is 1. The van der Waals surface area contributed by atoms with Gasteiger partial charge in [-0.1, -0.05) is 48.1 Å². The molecule has 2 aromatic rings. The second-order valence-electron chi connectivity index (χ2n) is 7.42. The molecule has 0 atom stereocenters. The Balaban J connectivity index is 1.29. The molecule has 140 valence electrons. The highest BCUT2D eigenvalue weighted by Gasteiger charge is 2.18. The highest BCUT2D eigenvalue weighted by Crippen LogP contribution is 2.27. The maximum Gasteiger partial charge on any atom is 0.167 e. The molecule has 0 fully saturated rings. The Kier molecular flexibility index (Phi) is 5.45. The number of Topliss-reactive ketones (excluding diaryl/α,β-unsaturated/α-hetero) is 1. The SMILES string of the molecule is N#Cc1ccc(C2=CCN(CCCC3=Cc4ccccc4C(=O)C3)CC2)cn1. The van der Waals surface area contributed by atoms with Crippen molar-refractivity contribution in [2.24, 2.45) is 0 Å². The minimum Gasteiger partial charge on any atom is -0.299 e. The van der Waals surface area contributed by atoms with Crippen molar-refractivity contribution in [3.05, 3.63) is 76.6 Å². The highest BCUT2D eigenvalue weighted by atomic mass is 16.1. The Hall–Kier alpha value is -3.03. The molecule has 0 saturated carbocycles. The molecular weight excluding hydrogens is 346 g/mol. The van der Waals surface area contributed by atoms with Crippen molar-refractivity contribution >= 4 is 17.4 Å². The van der Waals surface area contributed by atoms with Crippen LogP contribution in [0.3, 0.4) is 0 Å². The minimum atomic E-state index is 0.245. The van der Waals surface area contributed by atoms with Gasteiger partial charge in [-0.3, -0.25) is 9.69 Å². The molecule has 0 radical (unpaired) electrons. The lowest BCUT2D eigenvalue weighted by molar-refractivity contribution is 0.0990. The van der Waals surface area contributed by atoms with E-state index >= 15 is 0 Å². The molecule has 1 aromatic carbocycles. The second kappa shape index (κ2) is 8.33. The molecule has 1 aliphatic carbocycles. The van der Waals surface area contributed by atoms with E-state index in [9.17, 15) is 4.79 Å². The lowest BCUT2D eigenvalue weighted by Crippen LogP contribution is -2.29. The van der Waals surface area contributed by atoms with Crippen LogP contribution in [0.25, 0.3) is 11.6 Å². The Morgan fingerprint density at radius 1 is 1.18 bits per heavy atom. The number of ketones is 1. The van der Waals surface area contributed by atoms with Crippen molar-refractivity contribution in [1.82, 2.24) is 9.88 Å². The first-order valence-electron chi connectivity index (χ1n) is 9.82. The molecule has 0 amide bonds. The Labute approximate surface area is 165 Å². The van der Waals surface area contributed by atoms with Crippen LogP contribution in [0, 0.1) is 11.3 Å². The van der Waals surface area contributed by atoms with E-state index in [1.165, 1.54) is 11.1 Å². The molecule has 1 aliphatic heterocycles. The molecule has 0 bridgehead atoms. The Bertz CT molecular complexity index is 980. The van der Waals surface area contributed by atoms with Crippen LogP contribution in [0.4, 0.5) is 0 Å². The lowest BCUT2D eigenvalue weighted by Gasteiger charge is -2.26. The minimum absolute atomic E-state index is 0.245. The van der Waals surface area contributed by atoms with Crippen LogP contribution < -0.4 is 0 Å². The maximum atomic E-state index is 12.3. The smallest absolute Gasteiger partial charge is 0.167 e. The van der Waals surface area contributed by atoms with Crippen molar-refractivity contribution < 1.29 is 4.79 Å². The number of pyridine rings is 1. The van der Waals surface area contributed by atoms with Gasteiger partial charge in [-0.25, -0.2) is 4.98 Å². The summed E-state index contributed by atoms with van der Waals surface area (Å²) in [7, 11) is 0. The third kappa shape index (κ3) is 4.11. The van der Waals surface area contributed by atoms with Crippen molar-refractivity contribution in [2.45, 2.75) is 25.7 Å². The number of rotatable bonds is 5. The molecule has 4 nitrogen and oxygen atoms in total. The first-order valence-corrected chi connectivity index (χ1v) is 9.82. The highest BCUT2D eigenvalue weighted by molar-refractivity contribution is 6.03. The number of nitriles is 1. The molecule has 0 N–H and O–H groups in total. The van der Waals surface area contributed by atoms with Gasteiger partial charge in [0, 0.05) is 31.3 Å². The monoisotopic (exact) mass is 369 g/mol. The van der Waals surface area contributed by atoms with Crippen molar-refractivity contribution in [1.29, 1.82) is 5.26 Å². The Morgan fingerprint density at radius 2 is 2.07 bits per heavy atom. The summed E-state index contributed by atoms with van der Waals surface area (Å²) in [6.07, 6.45) is 9.88. The molecule has 4 rings (SSSR count). The van der Waals surface area contributed by atoms with E-state index in [0.29, 0.717) is 12.1 Å². The fraction of sp³-hybridized carbons (Fsp3) is 0.292. The average Bonchev–Trinajstić information content (AvgIpc) is 2.74.